The van der Waals surface area contributed by atoms with Gasteiger partial charge in [-0.15, -0.1) is 0 Å². The summed E-state index contributed by atoms with van der Waals surface area (Å²) < 4.78 is 6.13. The monoisotopic (exact) mass is 446 g/mol. The van der Waals surface area contributed by atoms with Crippen molar-refractivity contribution in [3.05, 3.63) is 76.8 Å². The summed E-state index contributed by atoms with van der Waals surface area (Å²) in [6.07, 6.45) is 6.48. The Morgan fingerprint density at radius 3 is 2.75 bits per heavy atom. The van der Waals surface area contributed by atoms with Gasteiger partial charge in [0.1, 0.15) is 12.4 Å². The first-order chi connectivity index (χ1) is 15.6. The largest absolute Gasteiger partial charge is 0.488 e. The van der Waals surface area contributed by atoms with E-state index in [2.05, 4.69) is 23.5 Å². The molecular weight excluding hydrogens is 420 g/mol. The van der Waals surface area contributed by atoms with Crippen LogP contribution in [0, 0.1) is 17.3 Å². The van der Waals surface area contributed by atoms with Crippen LogP contribution in [0.2, 0.25) is 5.02 Å². The lowest BCUT2D eigenvalue weighted by Gasteiger charge is -2.15. The van der Waals surface area contributed by atoms with Gasteiger partial charge in [0.15, 0.2) is 0 Å². The Labute approximate surface area is 193 Å². The number of fused-ring (bicyclic) bond motifs is 2. The zero-order valence-corrected chi connectivity index (χ0v) is 18.9. The lowest BCUT2D eigenvalue weighted by molar-refractivity contribution is -0.123. The van der Waals surface area contributed by atoms with Gasteiger partial charge in [0, 0.05) is 16.5 Å². The molecule has 32 heavy (non-hydrogen) atoms. The molecule has 3 atom stereocenters. The number of hydrazone groups is 1. The third-order valence-corrected chi connectivity index (χ3v) is 7.47. The zero-order valence-electron chi connectivity index (χ0n) is 18.2. The minimum Gasteiger partial charge on any atom is -0.488 e. The van der Waals surface area contributed by atoms with Gasteiger partial charge in [-0.1, -0.05) is 73.8 Å². The number of hydrogen-bond acceptors (Lipinski definition) is 3. The predicted octanol–water partition coefficient (Wildman–Crippen LogP) is 6.35. The van der Waals surface area contributed by atoms with Crippen molar-refractivity contribution in [2.24, 2.45) is 22.4 Å². The SMILES string of the molecule is C[C@]12CCCC[C@@H]1[C@@H]2C(=O)N/N=C\c1c(OCc2ccc(Cl)cc2)ccc2ccccc12. The van der Waals surface area contributed by atoms with Crippen molar-refractivity contribution in [2.75, 3.05) is 0 Å². The fourth-order valence-corrected chi connectivity index (χ4v) is 5.48. The van der Waals surface area contributed by atoms with Crippen LogP contribution in [0.25, 0.3) is 10.8 Å². The number of rotatable bonds is 6. The second-order valence-corrected chi connectivity index (χ2v) is 9.62. The molecule has 0 unspecified atom stereocenters. The highest BCUT2D eigenvalue weighted by Crippen LogP contribution is 2.66. The molecule has 0 aromatic heterocycles. The summed E-state index contributed by atoms with van der Waals surface area (Å²) in [5.41, 5.74) is 4.87. The lowest BCUT2D eigenvalue weighted by atomic mass is 9.90. The first kappa shape index (κ1) is 21.0. The summed E-state index contributed by atoms with van der Waals surface area (Å²) in [6.45, 7) is 2.67. The minimum atomic E-state index is 0.0412. The van der Waals surface area contributed by atoms with Crippen molar-refractivity contribution in [3.8, 4) is 5.75 Å². The van der Waals surface area contributed by atoms with E-state index in [-0.39, 0.29) is 17.2 Å². The molecule has 2 aliphatic rings. The van der Waals surface area contributed by atoms with E-state index in [9.17, 15) is 4.79 Å². The number of nitrogens with zero attached hydrogens (tertiary/aromatic N) is 1. The number of carbonyl (C=O) groups excluding carboxylic acids is 1. The van der Waals surface area contributed by atoms with Crippen molar-refractivity contribution in [1.29, 1.82) is 0 Å². The third kappa shape index (κ3) is 4.00. The van der Waals surface area contributed by atoms with Crippen LogP contribution >= 0.6 is 11.6 Å². The molecule has 2 aliphatic carbocycles. The van der Waals surface area contributed by atoms with Gasteiger partial charge in [-0.2, -0.15) is 5.10 Å². The number of amides is 1. The zero-order chi connectivity index (χ0) is 22.1. The van der Waals surface area contributed by atoms with Crippen LogP contribution in [0.1, 0.15) is 43.7 Å². The molecular formula is C27H27ClN2O2. The van der Waals surface area contributed by atoms with E-state index in [0.29, 0.717) is 17.5 Å². The van der Waals surface area contributed by atoms with E-state index >= 15 is 0 Å². The maximum absolute atomic E-state index is 12.8. The molecule has 4 nitrogen and oxygen atoms in total. The lowest BCUT2D eigenvalue weighted by Crippen LogP contribution is -2.22. The molecule has 2 saturated carbocycles. The highest BCUT2D eigenvalue weighted by atomic mass is 35.5. The standard InChI is InChI=1S/C27H27ClN2O2/c1-27-15-5-4-8-23(27)25(27)26(31)30-29-16-22-21-7-3-2-6-19(21)11-14-24(22)32-17-18-9-12-20(28)13-10-18/h2-3,6-7,9-14,16,23,25H,4-5,8,15,17H2,1H3,(H,30,31)/b29-16-/t23-,25-,27+/m1/s1. The molecule has 164 valence electrons. The van der Waals surface area contributed by atoms with Gasteiger partial charge in [-0.25, -0.2) is 5.43 Å². The van der Waals surface area contributed by atoms with Gasteiger partial charge in [-0.05, 0) is 58.7 Å². The fraction of sp³-hybridized carbons (Fsp3) is 0.333. The summed E-state index contributed by atoms with van der Waals surface area (Å²) in [6, 6.07) is 19.7. The molecule has 3 aromatic carbocycles. The Kier molecular flexibility index (Phi) is 5.64. The average Bonchev–Trinajstić information content (AvgIpc) is 3.44. The van der Waals surface area contributed by atoms with Gasteiger partial charge >= 0.3 is 0 Å². The molecule has 2 fully saturated rings. The van der Waals surface area contributed by atoms with Gasteiger partial charge in [0.05, 0.1) is 6.21 Å². The van der Waals surface area contributed by atoms with Gasteiger partial charge < -0.3 is 4.74 Å². The first-order valence-electron chi connectivity index (χ1n) is 11.3. The minimum absolute atomic E-state index is 0.0412. The molecule has 0 aliphatic heterocycles. The molecule has 3 aromatic rings. The average molecular weight is 447 g/mol. The number of ether oxygens (including phenoxy) is 1. The van der Waals surface area contributed by atoms with E-state index in [4.69, 9.17) is 16.3 Å². The Bertz CT molecular complexity index is 1170. The second-order valence-electron chi connectivity index (χ2n) is 9.18. The van der Waals surface area contributed by atoms with Crippen LogP contribution in [0.4, 0.5) is 0 Å². The molecule has 5 heteroatoms. The Balaban J connectivity index is 1.35. The highest BCUT2D eigenvalue weighted by Gasteiger charge is 2.64. The Morgan fingerprint density at radius 2 is 1.97 bits per heavy atom. The van der Waals surface area contributed by atoms with Crippen molar-refractivity contribution >= 4 is 34.5 Å². The number of halogens is 1. The summed E-state index contributed by atoms with van der Waals surface area (Å²) >= 11 is 5.98. The third-order valence-electron chi connectivity index (χ3n) is 7.22. The summed E-state index contributed by atoms with van der Waals surface area (Å²) in [7, 11) is 0. The Morgan fingerprint density at radius 1 is 1.16 bits per heavy atom. The topological polar surface area (TPSA) is 50.7 Å². The van der Waals surface area contributed by atoms with Crippen LogP contribution < -0.4 is 10.2 Å². The number of benzene rings is 3. The second kappa shape index (κ2) is 8.59. The molecule has 0 spiro atoms. The fourth-order valence-electron chi connectivity index (χ4n) is 5.36. The van der Waals surface area contributed by atoms with E-state index in [1.807, 2.05) is 54.6 Å². The van der Waals surface area contributed by atoms with Crippen molar-refractivity contribution in [3.63, 3.8) is 0 Å². The summed E-state index contributed by atoms with van der Waals surface area (Å²) in [5, 5.41) is 7.18. The molecule has 0 heterocycles. The molecule has 0 saturated heterocycles. The number of carbonyl (C=O) groups is 1. The summed E-state index contributed by atoms with van der Waals surface area (Å²) in [4.78, 5) is 12.8. The maximum atomic E-state index is 12.8. The van der Waals surface area contributed by atoms with Crippen LogP contribution in [0.15, 0.2) is 65.8 Å². The smallest absolute Gasteiger partial charge is 0.244 e. The van der Waals surface area contributed by atoms with E-state index in [1.54, 1.807) is 6.21 Å². The molecule has 0 bridgehead atoms. The molecule has 1 N–H and O–H groups in total. The van der Waals surface area contributed by atoms with Crippen LogP contribution in [0.5, 0.6) is 5.75 Å². The maximum Gasteiger partial charge on any atom is 0.244 e. The van der Waals surface area contributed by atoms with Crippen molar-refractivity contribution in [2.45, 2.75) is 39.2 Å². The van der Waals surface area contributed by atoms with Gasteiger partial charge in [-0.3, -0.25) is 4.79 Å². The van der Waals surface area contributed by atoms with E-state index < -0.39 is 0 Å². The number of hydrogen-bond donors (Lipinski definition) is 1. The van der Waals surface area contributed by atoms with Gasteiger partial charge in [0.2, 0.25) is 5.91 Å². The number of nitrogens with one attached hydrogen (secondary N) is 1. The van der Waals surface area contributed by atoms with Crippen LogP contribution in [-0.4, -0.2) is 12.1 Å². The van der Waals surface area contributed by atoms with Crippen LogP contribution in [-0.2, 0) is 11.4 Å². The predicted molar refractivity (Wildman–Crippen MR) is 129 cm³/mol. The van der Waals surface area contributed by atoms with E-state index in [0.717, 1.165) is 40.5 Å². The summed E-state index contributed by atoms with van der Waals surface area (Å²) in [5.74, 6) is 1.38. The van der Waals surface area contributed by atoms with Crippen molar-refractivity contribution in [1.82, 2.24) is 5.43 Å². The Hall–Kier alpha value is -2.85. The van der Waals surface area contributed by atoms with Gasteiger partial charge in [0.25, 0.3) is 0 Å². The molecule has 0 radical (unpaired) electrons. The first-order valence-corrected chi connectivity index (χ1v) is 11.7. The highest BCUT2D eigenvalue weighted by molar-refractivity contribution is 6.30. The van der Waals surface area contributed by atoms with Crippen molar-refractivity contribution < 1.29 is 9.53 Å². The normalized spacial score (nSPS) is 24.3. The quantitative estimate of drug-likeness (QED) is 0.354. The molecule has 1 amide bonds. The molecule has 5 rings (SSSR count). The van der Waals surface area contributed by atoms with E-state index in [1.165, 1.54) is 12.8 Å². The van der Waals surface area contributed by atoms with Crippen LogP contribution in [0.3, 0.4) is 0 Å².